The first kappa shape index (κ1) is 15.8. The number of H-pyrrole nitrogens is 1. The fourth-order valence-electron chi connectivity index (χ4n) is 2.78. The first-order valence-electron chi connectivity index (χ1n) is 7.82. The molecule has 1 aliphatic rings. The van der Waals surface area contributed by atoms with Crippen molar-refractivity contribution in [1.82, 2.24) is 19.9 Å². The molecular weight excluding hydrogens is 306 g/mol. The van der Waals surface area contributed by atoms with Crippen LogP contribution in [0.15, 0.2) is 29.1 Å². The predicted octanol–water partition coefficient (Wildman–Crippen LogP) is 1.78. The molecule has 4 rings (SSSR count). The van der Waals surface area contributed by atoms with Gasteiger partial charge >= 0.3 is 0 Å². The van der Waals surface area contributed by atoms with E-state index < -0.39 is 0 Å². The zero-order valence-corrected chi connectivity index (χ0v) is 13.8. The summed E-state index contributed by atoms with van der Waals surface area (Å²) >= 11 is 0. The molecule has 7 heteroatoms. The van der Waals surface area contributed by atoms with Gasteiger partial charge in [-0.1, -0.05) is 26.0 Å². The Morgan fingerprint density at radius 3 is 2.67 bits per heavy atom. The van der Waals surface area contributed by atoms with Gasteiger partial charge in [0.1, 0.15) is 0 Å². The quantitative estimate of drug-likeness (QED) is 0.634. The van der Waals surface area contributed by atoms with Crippen LogP contribution in [0.3, 0.4) is 0 Å². The lowest BCUT2D eigenvalue weighted by Crippen LogP contribution is -2.21. The smallest absolute Gasteiger partial charge is 0.262 e. The van der Waals surface area contributed by atoms with Gasteiger partial charge in [0.25, 0.3) is 11.5 Å². The number of fused-ring (bicyclic) bond motifs is 2. The third-order valence-corrected chi connectivity index (χ3v) is 4.00. The maximum absolute atomic E-state index is 12.3. The number of nitrogens with one attached hydrogen (secondary N) is 2. The largest absolute Gasteiger partial charge is 0.369 e. The summed E-state index contributed by atoms with van der Waals surface area (Å²) in [6.07, 6.45) is 0. The number of carbonyl (C=O) groups excluding carboxylic acids is 1. The van der Waals surface area contributed by atoms with Crippen LogP contribution >= 0.6 is 0 Å². The highest BCUT2D eigenvalue weighted by molar-refractivity contribution is 6.01. The van der Waals surface area contributed by atoms with E-state index in [1.54, 1.807) is 25.2 Å². The molecule has 0 saturated heterocycles. The van der Waals surface area contributed by atoms with E-state index in [2.05, 4.69) is 15.3 Å². The Bertz CT molecular complexity index is 1000. The second-order valence-corrected chi connectivity index (χ2v) is 5.29. The molecule has 3 aromatic rings. The fraction of sp³-hybridized carbons (Fsp3) is 0.235. The van der Waals surface area contributed by atoms with Crippen molar-refractivity contribution >= 4 is 22.8 Å². The van der Waals surface area contributed by atoms with Crippen LogP contribution in [0.4, 0.5) is 5.95 Å². The summed E-state index contributed by atoms with van der Waals surface area (Å²) in [6, 6.07) is 7.15. The summed E-state index contributed by atoms with van der Waals surface area (Å²) in [4.78, 5) is 31.5. The standard InChI is InChI=1S/C15H13N5O2.C2H6/c1-20-14(22)8-4-2-3-7(12(8)19-15(20)16)10-5-9-11(18-10)6-17-13(9)21;1-2/h2-5,18H,6H2,1H3,(H2,16,19)(H,17,21);1-2H3. The van der Waals surface area contributed by atoms with Crippen LogP contribution in [0, 0.1) is 0 Å². The second kappa shape index (κ2) is 5.84. The molecule has 1 amide bonds. The van der Waals surface area contributed by atoms with Crippen molar-refractivity contribution in [3.8, 4) is 11.3 Å². The molecule has 0 bridgehead atoms. The number of nitrogens with zero attached hydrogens (tertiary/aromatic N) is 2. The van der Waals surface area contributed by atoms with Gasteiger partial charge in [-0.15, -0.1) is 0 Å². The van der Waals surface area contributed by atoms with Crippen molar-refractivity contribution in [2.75, 3.05) is 5.73 Å². The number of para-hydroxylation sites is 1. The van der Waals surface area contributed by atoms with Crippen molar-refractivity contribution in [3.05, 3.63) is 45.9 Å². The Balaban J connectivity index is 0.000000815. The Morgan fingerprint density at radius 2 is 1.96 bits per heavy atom. The molecule has 3 heterocycles. The van der Waals surface area contributed by atoms with E-state index in [1.807, 2.05) is 19.9 Å². The Kier molecular flexibility index (Phi) is 3.84. The highest BCUT2D eigenvalue weighted by Crippen LogP contribution is 2.29. The van der Waals surface area contributed by atoms with Crippen molar-refractivity contribution < 1.29 is 4.79 Å². The number of aromatic nitrogens is 3. The maximum atomic E-state index is 12.3. The molecule has 0 fully saturated rings. The van der Waals surface area contributed by atoms with Gasteiger partial charge in [-0.05, 0) is 12.1 Å². The highest BCUT2D eigenvalue weighted by atomic mass is 16.2. The molecule has 0 saturated carbocycles. The van der Waals surface area contributed by atoms with E-state index in [4.69, 9.17) is 5.73 Å². The average Bonchev–Trinajstić information content (AvgIpc) is 3.17. The van der Waals surface area contributed by atoms with Gasteiger partial charge in [-0.2, -0.15) is 0 Å². The number of aromatic amines is 1. The molecule has 0 atom stereocenters. The van der Waals surface area contributed by atoms with E-state index >= 15 is 0 Å². The number of benzene rings is 1. The lowest BCUT2D eigenvalue weighted by Gasteiger charge is -2.08. The van der Waals surface area contributed by atoms with E-state index in [9.17, 15) is 9.59 Å². The molecule has 0 unspecified atom stereocenters. The van der Waals surface area contributed by atoms with Crippen LogP contribution in [0.1, 0.15) is 29.9 Å². The second-order valence-electron chi connectivity index (χ2n) is 5.29. The number of carbonyl (C=O) groups is 1. The van der Waals surface area contributed by atoms with E-state index in [-0.39, 0.29) is 17.4 Å². The van der Waals surface area contributed by atoms with Gasteiger partial charge in [-0.25, -0.2) is 4.98 Å². The highest BCUT2D eigenvalue weighted by Gasteiger charge is 2.23. The number of nitrogen functional groups attached to an aromatic ring is 1. The molecule has 4 N–H and O–H groups in total. The Labute approximate surface area is 138 Å². The molecule has 1 aromatic carbocycles. The van der Waals surface area contributed by atoms with Crippen LogP contribution < -0.4 is 16.6 Å². The Hall–Kier alpha value is -3.09. The first-order chi connectivity index (χ1) is 11.6. The van der Waals surface area contributed by atoms with Crippen LogP contribution in [0.5, 0.6) is 0 Å². The number of amides is 1. The minimum absolute atomic E-state index is 0.0962. The van der Waals surface area contributed by atoms with Gasteiger partial charge in [0.05, 0.1) is 23.0 Å². The molecular formula is C17H19N5O2. The molecule has 24 heavy (non-hydrogen) atoms. The normalized spacial score (nSPS) is 12.5. The van der Waals surface area contributed by atoms with Gasteiger partial charge in [-0.3, -0.25) is 14.2 Å². The molecule has 0 radical (unpaired) electrons. The summed E-state index contributed by atoms with van der Waals surface area (Å²) in [5, 5.41) is 3.24. The van der Waals surface area contributed by atoms with Crippen molar-refractivity contribution in [3.63, 3.8) is 0 Å². The van der Waals surface area contributed by atoms with Crippen LogP contribution in [-0.2, 0) is 13.6 Å². The zero-order valence-electron chi connectivity index (χ0n) is 13.8. The molecule has 0 spiro atoms. The van der Waals surface area contributed by atoms with E-state index in [0.717, 1.165) is 17.0 Å². The van der Waals surface area contributed by atoms with Crippen molar-refractivity contribution in [2.45, 2.75) is 20.4 Å². The van der Waals surface area contributed by atoms with Crippen LogP contribution in [0.2, 0.25) is 0 Å². The lowest BCUT2D eigenvalue weighted by molar-refractivity contribution is 0.0966. The van der Waals surface area contributed by atoms with Crippen molar-refractivity contribution in [2.24, 2.45) is 7.05 Å². The summed E-state index contributed by atoms with van der Waals surface area (Å²) < 4.78 is 1.31. The average molecular weight is 325 g/mol. The predicted molar refractivity (Wildman–Crippen MR) is 93.7 cm³/mol. The van der Waals surface area contributed by atoms with Gasteiger partial charge in [0.2, 0.25) is 5.95 Å². The number of anilines is 1. The third kappa shape index (κ3) is 2.25. The molecule has 7 nitrogen and oxygen atoms in total. The molecule has 0 aliphatic carbocycles. The Morgan fingerprint density at radius 1 is 1.21 bits per heavy atom. The minimum Gasteiger partial charge on any atom is -0.369 e. The molecule has 124 valence electrons. The maximum Gasteiger partial charge on any atom is 0.262 e. The monoisotopic (exact) mass is 325 g/mol. The number of rotatable bonds is 1. The third-order valence-electron chi connectivity index (χ3n) is 4.00. The lowest BCUT2D eigenvalue weighted by atomic mass is 10.1. The molecule has 2 aromatic heterocycles. The van der Waals surface area contributed by atoms with Crippen LogP contribution in [-0.4, -0.2) is 20.4 Å². The summed E-state index contributed by atoms with van der Waals surface area (Å²) in [7, 11) is 1.59. The minimum atomic E-state index is -0.193. The summed E-state index contributed by atoms with van der Waals surface area (Å²) in [5.41, 5.74) is 9.12. The number of hydrogen-bond donors (Lipinski definition) is 3. The van der Waals surface area contributed by atoms with Gasteiger partial charge in [0.15, 0.2) is 0 Å². The SMILES string of the molecule is CC.Cn1c(N)nc2c(-c3cc4c([nH]3)CNC4=O)cccc2c1=O. The van der Waals surface area contributed by atoms with E-state index in [1.165, 1.54) is 4.57 Å². The van der Waals surface area contributed by atoms with Crippen molar-refractivity contribution in [1.29, 1.82) is 0 Å². The molecule has 1 aliphatic heterocycles. The number of nitrogens with two attached hydrogens (primary N) is 1. The first-order valence-corrected chi connectivity index (χ1v) is 7.82. The summed E-state index contributed by atoms with van der Waals surface area (Å²) in [6.45, 7) is 4.48. The topological polar surface area (TPSA) is 106 Å². The van der Waals surface area contributed by atoms with Gasteiger partial charge < -0.3 is 16.0 Å². The van der Waals surface area contributed by atoms with E-state index in [0.29, 0.717) is 23.0 Å². The fourth-order valence-corrected chi connectivity index (χ4v) is 2.78. The number of hydrogen-bond acceptors (Lipinski definition) is 4. The summed E-state index contributed by atoms with van der Waals surface area (Å²) in [5.74, 6) is 0.0583. The van der Waals surface area contributed by atoms with Gasteiger partial charge in [0, 0.05) is 24.0 Å². The van der Waals surface area contributed by atoms with Crippen LogP contribution in [0.25, 0.3) is 22.2 Å². The zero-order chi connectivity index (χ0) is 17.4.